The molecule has 3 N–H and O–H groups in total. The molecule has 30 heavy (non-hydrogen) atoms. The standard InChI is InChI=1S/C21H23N5O4/c22-13-17-7-4-9-23-18(17)24-10-11-25-19(27)21(8-12-29-15-21)26-20(28)30-14-16-5-2-1-3-6-16/h1-7,9H,8,10-12,14-15H2,(H,23,24)(H,25,27)(H,26,28)/t21-/m1/s1. The first-order valence-electron chi connectivity index (χ1n) is 9.57. The molecular formula is C21H23N5O4. The highest BCUT2D eigenvalue weighted by molar-refractivity contribution is 5.90. The number of hydrogen-bond acceptors (Lipinski definition) is 7. The number of rotatable bonds is 8. The van der Waals surface area contributed by atoms with Crippen molar-refractivity contribution in [1.29, 1.82) is 5.26 Å². The van der Waals surface area contributed by atoms with Crippen LogP contribution >= 0.6 is 0 Å². The lowest BCUT2D eigenvalue weighted by Crippen LogP contribution is -2.60. The van der Waals surface area contributed by atoms with Gasteiger partial charge in [-0.2, -0.15) is 5.26 Å². The van der Waals surface area contributed by atoms with Gasteiger partial charge in [0.05, 0.1) is 12.2 Å². The van der Waals surface area contributed by atoms with Crippen molar-refractivity contribution in [3.8, 4) is 6.07 Å². The van der Waals surface area contributed by atoms with Crippen LogP contribution in [0.25, 0.3) is 0 Å². The van der Waals surface area contributed by atoms with Crippen LogP contribution in [0.15, 0.2) is 48.7 Å². The number of nitrogens with zero attached hydrogens (tertiary/aromatic N) is 2. The summed E-state index contributed by atoms with van der Waals surface area (Å²) in [6.07, 6.45) is 1.26. The Balaban J connectivity index is 1.48. The van der Waals surface area contributed by atoms with E-state index in [1.165, 1.54) is 0 Å². The Morgan fingerprint density at radius 2 is 2.03 bits per heavy atom. The minimum Gasteiger partial charge on any atom is -0.445 e. The van der Waals surface area contributed by atoms with Crippen LogP contribution < -0.4 is 16.0 Å². The maximum Gasteiger partial charge on any atom is 0.408 e. The summed E-state index contributed by atoms with van der Waals surface area (Å²) >= 11 is 0. The Bertz CT molecular complexity index is 907. The summed E-state index contributed by atoms with van der Waals surface area (Å²) < 4.78 is 10.6. The predicted octanol–water partition coefficient (Wildman–Crippen LogP) is 1.57. The van der Waals surface area contributed by atoms with Gasteiger partial charge in [0.2, 0.25) is 5.91 Å². The number of aromatic nitrogens is 1. The van der Waals surface area contributed by atoms with Crippen LogP contribution in [0.5, 0.6) is 0 Å². The Kier molecular flexibility index (Phi) is 7.19. The average molecular weight is 409 g/mol. The molecule has 1 aliphatic rings. The van der Waals surface area contributed by atoms with Crippen LogP contribution in [-0.4, -0.2) is 48.8 Å². The van der Waals surface area contributed by atoms with E-state index < -0.39 is 11.6 Å². The van der Waals surface area contributed by atoms with Crippen LogP contribution in [0.2, 0.25) is 0 Å². The van der Waals surface area contributed by atoms with Crippen LogP contribution in [0.3, 0.4) is 0 Å². The number of benzene rings is 1. The number of amides is 2. The first-order valence-corrected chi connectivity index (χ1v) is 9.57. The molecule has 0 unspecified atom stereocenters. The van der Waals surface area contributed by atoms with Gasteiger partial charge in [-0.15, -0.1) is 0 Å². The monoisotopic (exact) mass is 409 g/mol. The van der Waals surface area contributed by atoms with E-state index in [0.717, 1.165) is 5.56 Å². The molecule has 3 rings (SSSR count). The highest BCUT2D eigenvalue weighted by Crippen LogP contribution is 2.19. The average Bonchev–Trinajstić information content (AvgIpc) is 3.25. The van der Waals surface area contributed by atoms with Crippen molar-refractivity contribution in [3.63, 3.8) is 0 Å². The fourth-order valence-electron chi connectivity index (χ4n) is 3.02. The molecular weight excluding hydrogens is 386 g/mol. The molecule has 9 nitrogen and oxygen atoms in total. The van der Waals surface area contributed by atoms with E-state index in [2.05, 4.69) is 27.0 Å². The number of nitriles is 1. The summed E-state index contributed by atoms with van der Waals surface area (Å²) in [6, 6.07) is 14.7. The second-order valence-electron chi connectivity index (χ2n) is 6.77. The molecule has 0 bridgehead atoms. The van der Waals surface area contributed by atoms with Gasteiger partial charge in [0.25, 0.3) is 0 Å². The van der Waals surface area contributed by atoms with Crippen molar-refractivity contribution < 1.29 is 19.1 Å². The van der Waals surface area contributed by atoms with Crippen LogP contribution in [0, 0.1) is 11.3 Å². The SMILES string of the molecule is N#Cc1cccnc1NCCNC(=O)[C@@]1(NC(=O)OCc2ccccc2)CCOC1. The molecule has 1 atom stereocenters. The lowest BCUT2D eigenvalue weighted by Gasteiger charge is -2.27. The lowest BCUT2D eigenvalue weighted by molar-refractivity contribution is -0.127. The first-order chi connectivity index (χ1) is 14.6. The van der Waals surface area contributed by atoms with Crippen molar-refractivity contribution in [2.75, 3.05) is 31.6 Å². The summed E-state index contributed by atoms with van der Waals surface area (Å²) in [5.74, 6) is 0.107. The lowest BCUT2D eigenvalue weighted by atomic mass is 9.98. The van der Waals surface area contributed by atoms with Gasteiger partial charge in [0, 0.05) is 32.3 Å². The zero-order chi connectivity index (χ0) is 21.2. The fourth-order valence-corrected chi connectivity index (χ4v) is 3.02. The maximum absolute atomic E-state index is 12.8. The van der Waals surface area contributed by atoms with Gasteiger partial charge in [0.15, 0.2) is 0 Å². The Hall–Kier alpha value is -3.64. The zero-order valence-corrected chi connectivity index (χ0v) is 16.4. The number of nitrogens with one attached hydrogen (secondary N) is 3. The molecule has 2 aromatic rings. The first kappa shape index (κ1) is 21.1. The molecule has 2 heterocycles. The van der Waals surface area contributed by atoms with Gasteiger partial charge < -0.3 is 25.4 Å². The summed E-state index contributed by atoms with van der Waals surface area (Å²) in [6.45, 7) is 1.20. The third kappa shape index (κ3) is 5.46. The molecule has 1 aromatic carbocycles. The third-order valence-electron chi connectivity index (χ3n) is 4.64. The second-order valence-corrected chi connectivity index (χ2v) is 6.77. The molecule has 1 aliphatic heterocycles. The minimum absolute atomic E-state index is 0.0749. The zero-order valence-electron chi connectivity index (χ0n) is 16.4. The molecule has 1 aromatic heterocycles. The Labute approximate surface area is 174 Å². The summed E-state index contributed by atoms with van der Waals surface area (Å²) in [5, 5.41) is 17.5. The number of ether oxygens (including phenoxy) is 2. The minimum atomic E-state index is -1.17. The number of alkyl carbamates (subject to hydrolysis) is 1. The van der Waals surface area contributed by atoms with E-state index in [1.807, 2.05) is 30.3 Å². The Morgan fingerprint density at radius 3 is 2.77 bits per heavy atom. The summed E-state index contributed by atoms with van der Waals surface area (Å²) in [7, 11) is 0. The fraction of sp³-hybridized carbons (Fsp3) is 0.333. The molecule has 156 valence electrons. The van der Waals surface area contributed by atoms with Crippen molar-refractivity contribution >= 4 is 17.8 Å². The van der Waals surface area contributed by atoms with E-state index in [-0.39, 0.29) is 25.7 Å². The van der Waals surface area contributed by atoms with E-state index >= 15 is 0 Å². The summed E-state index contributed by atoms with van der Waals surface area (Å²) in [5.41, 5.74) is 0.106. The third-order valence-corrected chi connectivity index (χ3v) is 4.64. The van der Waals surface area contributed by atoms with Gasteiger partial charge in [-0.05, 0) is 17.7 Å². The smallest absolute Gasteiger partial charge is 0.408 e. The van der Waals surface area contributed by atoms with E-state index in [1.54, 1.807) is 18.3 Å². The van der Waals surface area contributed by atoms with Crippen molar-refractivity contribution in [1.82, 2.24) is 15.6 Å². The van der Waals surface area contributed by atoms with Gasteiger partial charge in [-0.3, -0.25) is 4.79 Å². The van der Waals surface area contributed by atoms with Crippen molar-refractivity contribution in [2.45, 2.75) is 18.6 Å². The molecule has 1 saturated heterocycles. The largest absolute Gasteiger partial charge is 0.445 e. The van der Waals surface area contributed by atoms with Gasteiger partial charge in [-0.1, -0.05) is 30.3 Å². The second kappa shape index (κ2) is 10.2. The predicted molar refractivity (Wildman–Crippen MR) is 108 cm³/mol. The number of carbonyl (C=O) groups excluding carboxylic acids is 2. The normalized spacial score (nSPS) is 17.6. The van der Waals surface area contributed by atoms with E-state index in [9.17, 15) is 9.59 Å². The molecule has 2 amide bonds. The number of anilines is 1. The molecule has 0 aliphatic carbocycles. The van der Waals surface area contributed by atoms with Gasteiger partial charge >= 0.3 is 6.09 Å². The Morgan fingerprint density at radius 1 is 1.20 bits per heavy atom. The van der Waals surface area contributed by atoms with Crippen molar-refractivity contribution in [3.05, 3.63) is 59.8 Å². The highest BCUT2D eigenvalue weighted by Gasteiger charge is 2.44. The van der Waals surface area contributed by atoms with Crippen molar-refractivity contribution in [2.24, 2.45) is 0 Å². The van der Waals surface area contributed by atoms with Gasteiger partial charge in [-0.25, -0.2) is 9.78 Å². The number of hydrogen-bond donors (Lipinski definition) is 3. The van der Waals surface area contributed by atoms with Crippen LogP contribution in [0.4, 0.5) is 10.6 Å². The molecule has 0 spiro atoms. The molecule has 0 radical (unpaired) electrons. The quantitative estimate of drug-likeness (QED) is 0.565. The van der Waals surface area contributed by atoms with E-state index in [0.29, 0.717) is 31.0 Å². The van der Waals surface area contributed by atoms with Crippen LogP contribution in [0.1, 0.15) is 17.5 Å². The van der Waals surface area contributed by atoms with Gasteiger partial charge in [0.1, 0.15) is 24.0 Å². The molecule has 1 fully saturated rings. The topological polar surface area (TPSA) is 125 Å². The number of carbonyl (C=O) groups is 2. The summed E-state index contributed by atoms with van der Waals surface area (Å²) in [4.78, 5) is 29.1. The van der Waals surface area contributed by atoms with E-state index in [4.69, 9.17) is 14.7 Å². The highest BCUT2D eigenvalue weighted by atomic mass is 16.5. The number of pyridine rings is 1. The van der Waals surface area contributed by atoms with Crippen LogP contribution in [-0.2, 0) is 20.9 Å². The molecule has 9 heteroatoms. The molecule has 0 saturated carbocycles. The maximum atomic E-state index is 12.8.